The summed E-state index contributed by atoms with van der Waals surface area (Å²) in [6, 6.07) is 4.34. The molecule has 0 aliphatic rings. The number of aromatic nitrogens is 2. The predicted octanol–water partition coefficient (Wildman–Crippen LogP) is 3.79. The summed E-state index contributed by atoms with van der Waals surface area (Å²) in [5.41, 5.74) is 9.06. The minimum Gasteiger partial charge on any atom is -0.339 e. The van der Waals surface area contributed by atoms with E-state index in [4.69, 9.17) is 10.3 Å². The first-order valence-electron chi connectivity index (χ1n) is 6.82. The minimum atomic E-state index is 0.217. The van der Waals surface area contributed by atoms with Gasteiger partial charge in [-0.3, -0.25) is 0 Å². The van der Waals surface area contributed by atoms with E-state index in [9.17, 15) is 0 Å². The second-order valence-electron chi connectivity index (χ2n) is 5.31. The Morgan fingerprint density at radius 1 is 1.30 bits per heavy atom. The molecule has 0 aliphatic heterocycles. The lowest BCUT2D eigenvalue weighted by Crippen LogP contribution is -2.14. The molecule has 0 fully saturated rings. The summed E-state index contributed by atoms with van der Waals surface area (Å²) in [5.74, 6) is 1.33. The van der Waals surface area contributed by atoms with Gasteiger partial charge in [0.1, 0.15) is 0 Å². The molecular weight excluding hydrogens is 318 g/mol. The Morgan fingerprint density at radius 2 is 1.95 bits per heavy atom. The topological polar surface area (TPSA) is 64.9 Å². The second-order valence-corrected chi connectivity index (χ2v) is 6.10. The zero-order valence-electron chi connectivity index (χ0n) is 12.1. The monoisotopic (exact) mass is 337 g/mol. The van der Waals surface area contributed by atoms with Crippen LogP contribution in [0.5, 0.6) is 0 Å². The van der Waals surface area contributed by atoms with Crippen molar-refractivity contribution >= 4 is 15.9 Å². The van der Waals surface area contributed by atoms with Crippen molar-refractivity contribution in [1.82, 2.24) is 10.1 Å². The Morgan fingerprint density at radius 3 is 2.55 bits per heavy atom. The van der Waals surface area contributed by atoms with Crippen molar-refractivity contribution in [2.75, 3.05) is 0 Å². The number of halogens is 1. The molecule has 20 heavy (non-hydrogen) atoms. The molecule has 1 atom stereocenters. The van der Waals surface area contributed by atoms with Crippen LogP contribution in [-0.4, -0.2) is 16.2 Å². The maximum atomic E-state index is 5.73. The van der Waals surface area contributed by atoms with E-state index < -0.39 is 0 Å². The van der Waals surface area contributed by atoms with E-state index in [1.807, 2.05) is 6.92 Å². The fourth-order valence-corrected chi connectivity index (χ4v) is 2.35. The lowest BCUT2D eigenvalue weighted by atomic mass is 10.1. The van der Waals surface area contributed by atoms with Gasteiger partial charge in [0.15, 0.2) is 0 Å². The predicted molar refractivity (Wildman–Crippen MR) is 83.5 cm³/mol. The molecule has 2 N–H and O–H groups in total. The molecule has 0 saturated heterocycles. The first-order chi connectivity index (χ1) is 9.47. The van der Waals surface area contributed by atoms with Crippen LogP contribution in [0.4, 0.5) is 0 Å². The summed E-state index contributed by atoms with van der Waals surface area (Å²) in [6.45, 7) is 6.13. The van der Waals surface area contributed by atoms with Gasteiger partial charge in [-0.2, -0.15) is 4.98 Å². The summed E-state index contributed by atoms with van der Waals surface area (Å²) in [4.78, 5) is 4.46. The van der Waals surface area contributed by atoms with Crippen molar-refractivity contribution in [3.63, 3.8) is 0 Å². The zero-order chi connectivity index (χ0) is 14.7. The Hall–Kier alpha value is -1.20. The average molecular weight is 338 g/mol. The van der Waals surface area contributed by atoms with E-state index in [1.54, 1.807) is 0 Å². The van der Waals surface area contributed by atoms with E-state index in [0.717, 1.165) is 29.3 Å². The Kier molecular flexibility index (Phi) is 4.94. The van der Waals surface area contributed by atoms with Gasteiger partial charge >= 0.3 is 0 Å². The van der Waals surface area contributed by atoms with Crippen molar-refractivity contribution in [3.8, 4) is 11.4 Å². The number of nitrogens with two attached hydrogens (primary N) is 1. The van der Waals surface area contributed by atoms with Gasteiger partial charge in [0.05, 0.1) is 0 Å². The molecule has 0 amide bonds. The van der Waals surface area contributed by atoms with Gasteiger partial charge in [-0.15, -0.1) is 0 Å². The van der Waals surface area contributed by atoms with E-state index in [-0.39, 0.29) is 6.04 Å². The highest BCUT2D eigenvalue weighted by Crippen LogP contribution is 2.27. The molecule has 2 rings (SSSR count). The molecule has 5 heteroatoms. The quantitative estimate of drug-likeness (QED) is 0.901. The van der Waals surface area contributed by atoms with Crippen LogP contribution in [0.25, 0.3) is 11.4 Å². The van der Waals surface area contributed by atoms with Crippen LogP contribution in [0, 0.1) is 13.8 Å². The molecule has 0 radical (unpaired) electrons. The van der Waals surface area contributed by atoms with Gasteiger partial charge in [-0.1, -0.05) is 21.1 Å². The molecule has 0 bridgehead atoms. The van der Waals surface area contributed by atoms with E-state index in [1.165, 1.54) is 11.1 Å². The number of hydrogen-bond acceptors (Lipinski definition) is 4. The third-order valence-corrected chi connectivity index (χ3v) is 4.46. The van der Waals surface area contributed by atoms with Crippen LogP contribution in [0.15, 0.2) is 21.1 Å². The SMILES string of the molecule is Cc1cc(-c2noc(CCCC(C)N)n2)cc(C)c1Br. The Labute approximate surface area is 127 Å². The lowest BCUT2D eigenvalue weighted by molar-refractivity contribution is 0.373. The lowest BCUT2D eigenvalue weighted by Gasteiger charge is -2.04. The van der Waals surface area contributed by atoms with Gasteiger partial charge < -0.3 is 10.3 Å². The van der Waals surface area contributed by atoms with Crippen molar-refractivity contribution in [2.24, 2.45) is 5.73 Å². The smallest absolute Gasteiger partial charge is 0.226 e. The summed E-state index contributed by atoms with van der Waals surface area (Å²) in [5, 5.41) is 4.06. The molecule has 0 spiro atoms. The number of nitrogens with zero attached hydrogens (tertiary/aromatic N) is 2. The van der Waals surface area contributed by atoms with Crippen molar-refractivity contribution < 1.29 is 4.52 Å². The van der Waals surface area contributed by atoms with E-state index in [2.05, 4.69) is 52.1 Å². The second kappa shape index (κ2) is 6.50. The van der Waals surface area contributed by atoms with Crippen LogP contribution in [-0.2, 0) is 6.42 Å². The largest absolute Gasteiger partial charge is 0.339 e. The molecule has 1 aromatic carbocycles. The zero-order valence-corrected chi connectivity index (χ0v) is 13.7. The third-order valence-electron chi connectivity index (χ3n) is 3.21. The van der Waals surface area contributed by atoms with Crippen molar-refractivity contribution in [2.45, 2.75) is 46.1 Å². The standard InChI is InChI=1S/C15H20BrN3O/c1-9-7-12(8-10(2)14(9)16)15-18-13(20-19-15)6-4-5-11(3)17/h7-8,11H,4-6,17H2,1-3H3. The fraction of sp³-hybridized carbons (Fsp3) is 0.467. The van der Waals surface area contributed by atoms with E-state index in [0.29, 0.717) is 11.7 Å². The van der Waals surface area contributed by atoms with Crippen LogP contribution in [0.3, 0.4) is 0 Å². The highest BCUT2D eigenvalue weighted by atomic mass is 79.9. The van der Waals surface area contributed by atoms with Gasteiger partial charge in [0.25, 0.3) is 0 Å². The summed E-state index contributed by atoms with van der Waals surface area (Å²) >= 11 is 3.56. The van der Waals surface area contributed by atoms with Gasteiger partial charge in [0.2, 0.25) is 11.7 Å². The van der Waals surface area contributed by atoms with Crippen molar-refractivity contribution in [3.05, 3.63) is 33.6 Å². The van der Waals surface area contributed by atoms with Gasteiger partial charge in [-0.05, 0) is 56.9 Å². The van der Waals surface area contributed by atoms with Gasteiger partial charge in [-0.25, -0.2) is 0 Å². The third kappa shape index (κ3) is 3.67. The summed E-state index contributed by atoms with van der Waals surface area (Å²) < 4.78 is 6.42. The van der Waals surface area contributed by atoms with Crippen molar-refractivity contribution in [1.29, 1.82) is 0 Å². The number of hydrogen-bond donors (Lipinski definition) is 1. The molecule has 2 aromatic rings. The normalized spacial score (nSPS) is 12.7. The number of benzene rings is 1. The minimum absolute atomic E-state index is 0.217. The highest BCUT2D eigenvalue weighted by Gasteiger charge is 2.11. The number of rotatable bonds is 5. The molecule has 1 heterocycles. The molecule has 1 aromatic heterocycles. The van der Waals surface area contributed by atoms with Crippen LogP contribution < -0.4 is 5.73 Å². The van der Waals surface area contributed by atoms with Crippen LogP contribution in [0.2, 0.25) is 0 Å². The fourth-order valence-electron chi connectivity index (χ4n) is 2.12. The van der Waals surface area contributed by atoms with Crippen LogP contribution >= 0.6 is 15.9 Å². The first-order valence-corrected chi connectivity index (χ1v) is 7.62. The maximum Gasteiger partial charge on any atom is 0.226 e. The average Bonchev–Trinajstić information content (AvgIpc) is 2.83. The molecule has 108 valence electrons. The first kappa shape index (κ1) is 15.2. The van der Waals surface area contributed by atoms with Gasteiger partial charge in [0, 0.05) is 22.5 Å². The number of aryl methyl sites for hydroxylation is 3. The highest BCUT2D eigenvalue weighted by molar-refractivity contribution is 9.10. The molecule has 0 aliphatic carbocycles. The van der Waals surface area contributed by atoms with Crippen LogP contribution in [0.1, 0.15) is 36.8 Å². The Bertz CT molecular complexity index is 570. The molecule has 0 saturated carbocycles. The maximum absolute atomic E-state index is 5.73. The molecule has 1 unspecified atom stereocenters. The molecule has 4 nitrogen and oxygen atoms in total. The summed E-state index contributed by atoms with van der Waals surface area (Å²) in [6.07, 6.45) is 2.72. The Balaban J connectivity index is 2.12. The summed E-state index contributed by atoms with van der Waals surface area (Å²) in [7, 11) is 0. The molecular formula is C15H20BrN3O. The van der Waals surface area contributed by atoms with E-state index >= 15 is 0 Å².